The molecule has 0 saturated carbocycles. The molecule has 3 rings (SSSR count). The Kier molecular flexibility index (Phi) is 2.03. The Hall–Kier alpha value is -1.70. The zero-order valence-electron chi connectivity index (χ0n) is 9.49. The van der Waals surface area contributed by atoms with E-state index in [9.17, 15) is 0 Å². The average molecular weight is 214 g/mol. The van der Waals surface area contributed by atoms with Crippen molar-refractivity contribution >= 4 is 0 Å². The van der Waals surface area contributed by atoms with E-state index in [0.29, 0.717) is 6.10 Å². The molecule has 0 N–H and O–H groups in total. The molecular weight excluding hydrogens is 200 g/mol. The van der Waals surface area contributed by atoms with Gasteiger partial charge in [0, 0.05) is 12.0 Å². The summed E-state index contributed by atoms with van der Waals surface area (Å²) in [6, 6.07) is 10.2. The Morgan fingerprint density at radius 3 is 2.81 bits per heavy atom. The first-order chi connectivity index (χ1) is 7.72. The van der Waals surface area contributed by atoms with E-state index >= 15 is 0 Å². The number of ether oxygens (including phenoxy) is 1. The van der Waals surface area contributed by atoms with Gasteiger partial charge in [-0.3, -0.25) is 0 Å². The standard InChI is InChI=1S/C14H14O2/c1-9-3-5-13(15-9)11-4-6-14-12(8-11)7-10(2)16-14/h3-6,8,10H,7H2,1-2H3. The van der Waals surface area contributed by atoms with Gasteiger partial charge in [0.1, 0.15) is 23.4 Å². The zero-order chi connectivity index (χ0) is 11.1. The van der Waals surface area contributed by atoms with E-state index in [0.717, 1.165) is 29.3 Å². The van der Waals surface area contributed by atoms with Crippen LogP contribution < -0.4 is 4.74 Å². The maximum absolute atomic E-state index is 5.67. The van der Waals surface area contributed by atoms with E-state index in [1.165, 1.54) is 5.56 Å². The molecule has 16 heavy (non-hydrogen) atoms. The predicted octanol–water partition coefficient (Wildman–Crippen LogP) is 3.58. The van der Waals surface area contributed by atoms with Crippen molar-refractivity contribution in [1.82, 2.24) is 0 Å². The molecule has 2 aromatic rings. The van der Waals surface area contributed by atoms with Crippen molar-refractivity contribution in [2.75, 3.05) is 0 Å². The minimum Gasteiger partial charge on any atom is -0.490 e. The maximum atomic E-state index is 5.67. The van der Waals surface area contributed by atoms with Crippen LogP contribution >= 0.6 is 0 Å². The fourth-order valence-electron chi connectivity index (χ4n) is 2.16. The fraction of sp³-hybridized carbons (Fsp3) is 0.286. The smallest absolute Gasteiger partial charge is 0.134 e. The highest BCUT2D eigenvalue weighted by Crippen LogP contribution is 2.33. The summed E-state index contributed by atoms with van der Waals surface area (Å²) < 4.78 is 11.3. The summed E-state index contributed by atoms with van der Waals surface area (Å²) in [6.07, 6.45) is 1.28. The van der Waals surface area contributed by atoms with Gasteiger partial charge in [-0.2, -0.15) is 0 Å². The summed E-state index contributed by atoms with van der Waals surface area (Å²) in [6.45, 7) is 4.05. The predicted molar refractivity (Wildman–Crippen MR) is 62.7 cm³/mol. The summed E-state index contributed by atoms with van der Waals surface area (Å²) >= 11 is 0. The maximum Gasteiger partial charge on any atom is 0.134 e. The molecule has 1 aromatic carbocycles. The number of rotatable bonds is 1. The van der Waals surface area contributed by atoms with Crippen molar-refractivity contribution in [2.24, 2.45) is 0 Å². The molecular formula is C14H14O2. The van der Waals surface area contributed by atoms with E-state index in [-0.39, 0.29) is 0 Å². The Labute approximate surface area is 94.9 Å². The highest BCUT2D eigenvalue weighted by Gasteiger charge is 2.19. The Morgan fingerprint density at radius 2 is 2.06 bits per heavy atom. The number of hydrogen-bond donors (Lipinski definition) is 0. The first-order valence-corrected chi connectivity index (χ1v) is 5.59. The SMILES string of the molecule is Cc1ccc(-c2ccc3c(c2)CC(C)O3)o1. The van der Waals surface area contributed by atoms with E-state index in [4.69, 9.17) is 9.15 Å². The quantitative estimate of drug-likeness (QED) is 0.724. The van der Waals surface area contributed by atoms with E-state index in [2.05, 4.69) is 19.1 Å². The lowest BCUT2D eigenvalue weighted by Gasteiger charge is -2.02. The zero-order valence-corrected chi connectivity index (χ0v) is 9.49. The van der Waals surface area contributed by atoms with Gasteiger partial charge < -0.3 is 9.15 Å². The molecule has 1 atom stereocenters. The second kappa shape index (κ2) is 3.41. The highest BCUT2D eigenvalue weighted by atomic mass is 16.5. The van der Waals surface area contributed by atoms with Crippen LogP contribution in [0.5, 0.6) is 5.75 Å². The van der Waals surface area contributed by atoms with Gasteiger partial charge in [0.15, 0.2) is 0 Å². The number of furan rings is 1. The summed E-state index contributed by atoms with van der Waals surface area (Å²) in [7, 11) is 0. The third-order valence-electron chi connectivity index (χ3n) is 2.92. The van der Waals surface area contributed by atoms with Crippen molar-refractivity contribution in [2.45, 2.75) is 26.4 Å². The van der Waals surface area contributed by atoms with E-state index in [1.807, 2.05) is 25.1 Å². The second-order valence-electron chi connectivity index (χ2n) is 4.37. The molecule has 0 radical (unpaired) electrons. The van der Waals surface area contributed by atoms with Gasteiger partial charge in [-0.15, -0.1) is 0 Å². The van der Waals surface area contributed by atoms with Crippen molar-refractivity contribution in [3.05, 3.63) is 41.7 Å². The topological polar surface area (TPSA) is 22.4 Å². The van der Waals surface area contributed by atoms with Gasteiger partial charge in [0.05, 0.1) is 0 Å². The molecule has 0 fully saturated rings. The molecule has 0 amide bonds. The molecule has 2 heteroatoms. The third-order valence-corrected chi connectivity index (χ3v) is 2.92. The van der Waals surface area contributed by atoms with Gasteiger partial charge >= 0.3 is 0 Å². The lowest BCUT2D eigenvalue weighted by molar-refractivity contribution is 0.254. The van der Waals surface area contributed by atoms with Gasteiger partial charge in [-0.25, -0.2) is 0 Å². The summed E-state index contributed by atoms with van der Waals surface area (Å²) in [5.74, 6) is 2.89. The normalized spacial score (nSPS) is 18.2. The lowest BCUT2D eigenvalue weighted by Crippen LogP contribution is -2.05. The number of aryl methyl sites for hydroxylation is 1. The van der Waals surface area contributed by atoms with Crippen LogP contribution in [0.2, 0.25) is 0 Å². The largest absolute Gasteiger partial charge is 0.490 e. The molecule has 82 valence electrons. The van der Waals surface area contributed by atoms with Gasteiger partial charge in [-0.05, 0) is 49.7 Å². The van der Waals surface area contributed by atoms with Crippen LogP contribution in [-0.4, -0.2) is 6.10 Å². The second-order valence-corrected chi connectivity index (χ2v) is 4.37. The number of benzene rings is 1. The summed E-state index contributed by atoms with van der Waals surface area (Å²) in [5, 5.41) is 0. The van der Waals surface area contributed by atoms with Crippen LogP contribution in [0.3, 0.4) is 0 Å². The number of fused-ring (bicyclic) bond motifs is 1. The first-order valence-electron chi connectivity index (χ1n) is 5.59. The Balaban J connectivity index is 2.02. The van der Waals surface area contributed by atoms with Crippen LogP contribution in [0.1, 0.15) is 18.2 Å². The van der Waals surface area contributed by atoms with Crippen LogP contribution in [-0.2, 0) is 6.42 Å². The monoisotopic (exact) mass is 214 g/mol. The minimum absolute atomic E-state index is 0.295. The van der Waals surface area contributed by atoms with Gasteiger partial charge in [0.25, 0.3) is 0 Å². The molecule has 1 aliphatic rings. The molecule has 1 aliphatic heterocycles. The third kappa shape index (κ3) is 1.51. The molecule has 2 heterocycles. The molecule has 1 unspecified atom stereocenters. The Bertz CT molecular complexity index is 525. The molecule has 1 aromatic heterocycles. The molecule has 0 bridgehead atoms. The minimum atomic E-state index is 0.295. The Morgan fingerprint density at radius 1 is 1.19 bits per heavy atom. The van der Waals surface area contributed by atoms with Crippen molar-refractivity contribution < 1.29 is 9.15 Å². The van der Waals surface area contributed by atoms with Crippen LogP contribution in [0.4, 0.5) is 0 Å². The number of hydrogen-bond acceptors (Lipinski definition) is 2. The summed E-state index contributed by atoms with van der Waals surface area (Å²) in [5.41, 5.74) is 2.41. The summed E-state index contributed by atoms with van der Waals surface area (Å²) in [4.78, 5) is 0. The average Bonchev–Trinajstić information content (AvgIpc) is 2.81. The van der Waals surface area contributed by atoms with Crippen LogP contribution in [0.25, 0.3) is 11.3 Å². The lowest BCUT2D eigenvalue weighted by atomic mass is 10.1. The van der Waals surface area contributed by atoms with Gasteiger partial charge in [-0.1, -0.05) is 0 Å². The van der Waals surface area contributed by atoms with Crippen LogP contribution in [0, 0.1) is 6.92 Å². The highest BCUT2D eigenvalue weighted by molar-refractivity contribution is 5.61. The molecule has 2 nitrogen and oxygen atoms in total. The van der Waals surface area contributed by atoms with Gasteiger partial charge in [0.2, 0.25) is 0 Å². The van der Waals surface area contributed by atoms with Crippen molar-refractivity contribution in [3.63, 3.8) is 0 Å². The molecule has 0 spiro atoms. The first kappa shape index (κ1) is 9.52. The van der Waals surface area contributed by atoms with E-state index < -0.39 is 0 Å². The van der Waals surface area contributed by atoms with Crippen LogP contribution in [0.15, 0.2) is 34.7 Å². The molecule has 0 aliphatic carbocycles. The van der Waals surface area contributed by atoms with E-state index in [1.54, 1.807) is 0 Å². The van der Waals surface area contributed by atoms with Crippen molar-refractivity contribution in [1.29, 1.82) is 0 Å². The fourth-order valence-corrected chi connectivity index (χ4v) is 2.16. The van der Waals surface area contributed by atoms with Crippen molar-refractivity contribution in [3.8, 4) is 17.1 Å². The molecule has 0 saturated heterocycles.